The fourth-order valence-corrected chi connectivity index (χ4v) is 6.03. The molecule has 3 aromatic carbocycles. The lowest BCUT2D eigenvalue weighted by Gasteiger charge is -2.47. The van der Waals surface area contributed by atoms with E-state index in [1.54, 1.807) is 19.1 Å². The summed E-state index contributed by atoms with van der Waals surface area (Å²) in [6.07, 6.45) is 1.12. The van der Waals surface area contributed by atoms with E-state index in [0.717, 1.165) is 38.9 Å². The maximum atomic E-state index is 14.0. The smallest absolute Gasteiger partial charge is 0.246 e. The molecule has 1 saturated heterocycles. The topological polar surface area (TPSA) is 74.9 Å². The molecule has 1 N–H and O–H groups in total. The molecule has 4 aromatic rings. The highest BCUT2D eigenvalue weighted by Crippen LogP contribution is 2.43. The molecule has 0 unspecified atom stereocenters. The first-order valence-corrected chi connectivity index (χ1v) is 13.0. The summed E-state index contributed by atoms with van der Waals surface area (Å²) < 4.78 is 10.8. The van der Waals surface area contributed by atoms with Crippen molar-refractivity contribution in [1.29, 1.82) is 0 Å². The van der Waals surface area contributed by atoms with Crippen LogP contribution in [0.25, 0.3) is 10.9 Å². The third-order valence-corrected chi connectivity index (χ3v) is 7.94. The van der Waals surface area contributed by atoms with E-state index in [-0.39, 0.29) is 24.4 Å². The number of H-pyrrole nitrogens is 1. The molecule has 38 heavy (non-hydrogen) atoms. The predicted octanol–water partition coefficient (Wildman–Crippen LogP) is 4.42. The lowest BCUT2D eigenvalue weighted by atomic mass is 9.85. The van der Waals surface area contributed by atoms with Gasteiger partial charge in [0, 0.05) is 29.6 Å². The van der Waals surface area contributed by atoms with Gasteiger partial charge < -0.3 is 24.3 Å². The first kappa shape index (κ1) is 24.1. The molecule has 2 aliphatic rings. The number of hydrogen-bond donors (Lipinski definition) is 1. The summed E-state index contributed by atoms with van der Waals surface area (Å²) in [7, 11) is 3.21. The molecule has 2 amide bonds. The summed E-state index contributed by atoms with van der Waals surface area (Å²) in [5.41, 5.74) is 6.32. The van der Waals surface area contributed by atoms with Crippen molar-refractivity contribution in [1.82, 2.24) is 14.8 Å². The molecule has 7 heteroatoms. The van der Waals surface area contributed by atoms with Crippen molar-refractivity contribution in [2.45, 2.75) is 31.8 Å². The Hall–Kier alpha value is -4.26. The van der Waals surface area contributed by atoms with E-state index in [1.165, 1.54) is 0 Å². The number of ether oxygens (including phenoxy) is 2. The van der Waals surface area contributed by atoms with E-state index < -0.39 is 6.04 Å². The zero-order chi connectivity index (χ0) is 26.4. The van der Waals surface area contributed by atoms with Crippen LogP contribution in [-0.4, -0.2) is 59.9 Å². The van der Waals surface area contributed by atoms with Crippen LogP contribution in [-0.2, 0) is 22.4 Å². The Morgan fingerprint density at radius 1 is 0.947 bits per heavy atom. The number of nitrogens with zero attached hydrogens (tertiary/aromatic N) is 2. The summed E-state index contributed by atoms with van der Waals surface area (Å²) in [5.74, 6) is 1.28. The first-order valence-electron chi connectivity index (χ1n) is 13.0. The van der Waals surface area contributed by atoms with Crippen LogP contribution in [0.2, 0.25) is 0 Å². The first-order chi connectivity index (χ1) is 18.5. The average Bonchev–Trinajstić information content (AvgIpc) is 3.32. The van der Waals surface area contributed by atoms with Gasteiger partial charge in [0.2, 0.25) is 11.8 Å². The van der Waals surface area contributed by atoms with Crippen LogP contribution in [0, 0.1) is 6.92 Å². The third kappa shape index (κ3) is 3.90. The molecule has 0 bridgehead atoms. The molecule has 6 rings (SSSR count). The predicted molar refractivity (Wildman–Crippen MR) is 145 cm³/mol. The van der Waals surface area contributed by atoms with E-state index in [1.807, 2.05) is 47.4 Å². The normalized spacial score (nSPS) is 18.9. The van der Waals surface area contributed by atoms with Crippen molar-refractivity contribution in [3.63, 3.8) is 0 Å². The number of carbonyl (C=O) groups excluding carboxylic acids is 2. The van der Waals surface area contributed by atoms with Gasteiger partial charge in [0.15, 0.2) is 11.5 Å². The Balaban J connectivity index is 1.35. The molecule has 0 radical (unpaired) electrons. The molecule has 194 valence electrons. The number of amides is 2. The van der Waals surface area contributed by atoms with Gasteiger partial charge in [-0.25, -0.2) is 0 Å². The quantitative estimate of drug-likeness (QED) is 0.418. The molecular weight excluding hydrogens is 478 g/mol. The maximum Gasteiger partial charge on any atom is 0.246 e. The van der Waals surface area contributed by atoms with Crippen LogP contribution in [0.1, 0.15) is 34.0 Å². The lowest BCUT2D eigenvalue weighted by Crippen LogP contribution is -2.63. The summed E-state index contributed by atoms with van der Waals surface area (Å²) in [6.45, 7) is 2.59. The van der Waals surface area contributed by atoms with Crippen molar-refractivity contribution in [3.05, 3.63) is 94.7 Å². The molecule has 1 fully saturated rings. The largest absolute Gasteiger partial charge is 0.493 e. The fraction of sp³-hybridized carbons (Fsp3) is 0.290. The molecule has 7 nitrogen and oxygen atoms in total. The van der Waals surface area contributed by atoms with Crippen molar-refractivity contribution in [2.24, 2.45) is 0 Å². The number of aromatic amines is 1. The molecule has 2 atom stereocenters. The minimum absolute atomic E-state index is 0.000378. The molecule has 3 heterocycles. The van der Waals surface area contributed by atoms with E-state index >= 15 is 0 Å². The number of piperazine rings is 1. The van der Waals surface area contributed by atoms with Crippen molar-refractivity contribution in [2.75, 3.05) is 27.3 Å². The molecule has 1 aromatic heterocycles. The van der Waals surface area contributed by atoms with Gasteiger partial charge in [-0.1, -0.05) is 48.5 Å². The zero-order valence-electron chi connectivity index (χ0n) is 21.9. The standard InChI is InChI=1S/C31H31N3O4/c1-19-8-4-5-9-21(19)30-29-23(22-10-6-7-11-24(22)32-29)17-25-31(36)33(18-28(35)34(25)30)15-14-20-12-13-26(37-2)27(16-20)38-3/h4-13,16,25,30,32H,14-15,17-18H2,1-3H3/t25-,30+/m0/s1. The minimum atomic E-state index is -0.544. The number of nitrogens with one attached hydrogen (secondary N) is 1. The number of hydrogen-bond acceptors (Lipinski definition) is 4. The van der Waals surface area contributed by atoms with Crippen LogP contribution >= 0.6 is 0 Å². The summed E-state index contributed by atoms with van der Waals surface area (Å²) in [5, 5.41) is 1.11. The number of para-hydroxylation sites is 1. The van der Waals surface area contributed by atoms with E-state index in [9.17, 15) is 9.59 Å². The molecule has 0 aliphatic carbocycles. The van der Waals surface area contributed by atoms with Gasteiger partial charge in [0.05, 0.1) is 26.8 Å². The van der Waals surface area contributed by atoms with E-state index in [2.05, 4.69) is 36.2 Å². The molecule has 0 saturated carbocycles. The highest BCUT2D eigenvalue weighted by molar-refractivity contribution is 5.97. The second-order valence-corrected chi connectivity index (χ2v) is 10.0. The second kappa shape index (κ2) is 9.56. The number of aromatic nitrogens is 1. The summed E-state index contributed by atoms with van der Waals surface area (Å²) in [6, 6.07) is 21.2. The van der Waals surface area contributed by atoms with Crippen molar-refractivity contribution >= 4 is 22.7 Å². The van der Waals surface area contributed by atoms with Gasteiger partial charge in [0.25, 0.3) is 0 Å². The van der Waals surface area contributed by atoms with Gasteiger partial charge in [-0.15, -0.1) is 0 Å². The minimum Gasteiger partial charge on any atom is -0.493 e. The Kier molecular flexibility index (Phi) is 6.06. The van der Waals surface area contributed by atoms with Gasteiger partial charge in [0.1, 0.15) is 6.04 Å². The van der Waals surface area contributed by atoms with Crippen LogP contribution in [0.4, 0.5) is 0 Å². The Labute approximate surface area is 222 Å². The Bertz CT molecular complexity index is 1540. The van der Waals surface area contributed by atoms with Crippen LogP contribution < -0.4 is 9.47 Å². The van der Waals surface area contributed by atoms with Gasteiger partial charge in [-0.2, -0.15) is 0 Å². The highest BCUT2D eigenvalue weighted by atomic mass is 16.5. The Morgan fingerprint density at radius 2 is 1.71 bits per heavy atom. The molecule has 0 spiro atoms. The number of benzene rings is 3. The molecule has 2 aliphatic heterocycles. The number of methoxy groups -OCH3 is 2. The van der Waals surface area contributed by atoms with Gasteiger partial charge in [-0.3, -0.25) is 9.59 Å². The van der Waals surface area contributed by atoms with E-state index in [4.69, 9.17) is 9.47 Å². The van der Waals surface area contributed by atoms with Gasteiger partial charge in [-0.05, 0) is 53.8 Å². The molecular formula is C31H31N3O4. The zero-order valence-corrected chi connectivity index (χ0v) is 21.9. The highest BCUT2D eigenvalue weighted by Gasteiger charge is 2.48. The number of aryl methyl sites for hydroxylation is 1. The Morgan fingerprint density at radius 3 is 2.50 bits per heavy atom. The van der Waals surface area contributed by atoms with E-state index in [0.29, 0.717) is 30.9 Å². The SMILES string of the molecule is COc1ccc(CCN2CC(=O)N3[C@H](c4ccccc4C)c4[nH]c5ccccc5c4C[C@H]3C2=O)cc1OC. The maximum absolute atomic E-state index is 14.0. The van der Waals surface area contributed by atoms with Crippen molar-refractivity contribution in [3.8, 4) is 11.5 Å². The monoisotopic (exact) mass is 509 g/mol. The summed E-state index contributed by atoms with van der Waals surface area (Å²) in [4.78, 5) is 34.9. The third-order valence-electron chi connectivity index (χ3n) is 7.94. The number of fused-ring (bicyclic) bond motifs is 4. The second-order valence-electron chi connectivity index (χ2n) is 10.0. The number of carbonyl (C=O) groups is 2. The summed E-state index contributed by atoms with van der Waals surface area (Å²) >= 11 is 0. The average molecular weight is 510 g/mol. The van der Waals surface area contributed by atoms with Crippen LogP contribution in [0.15, 0.2) is 66.7 Å². The number of rotatable bonds is 6. The van der Waals surface area contributed by atoms with Gasteiger partial charge >= 0.3 is 0 Å². The lowest BCUT2D eigenvalue weighted by molar-refractivity contribution is -0.158. The van der Waals surface area contributed by atoms with Crippen LogP contribution in [0.5, 0.6) is 11.5 Å². The fourth-order valence-electron chi connectivity index (χ4n) is 6.03. The van der Waals surface area contributed by atoms with Crippen molar-refractivity contribution < 1.29 is 19.1 Å². The van der Waals surface area contributed by atoms with Crippen LogP contribution in [0.3, 0.4) is 0 Å².